The number of benzene rings is 1. The number of hydrogen-bond acceptors (Lipinski definition) is 2. The molecule has 1 aliphatic carbocycles. The van der Waals surface area contributed by atoms with E-state index in [9.17, 15) is 4.79 Å². The van der Waals surface area contributed by atoms with Gasteiger partial charge in [0.1, 0.15) is 0 Å². The second kappa shape index (κ2) is 4.38. The highest BCUT2D eigenvalue weighted by Gasteiger charge is 2.47. The van der Waals surface area contributed by atoms with E-state index in [1.54, 1.807) is 0 Å². The van der Waals surface area contributed by atoms with Gasteiger partial charge in [0.05, 0.1) is 13.5 Å². The molecule has 0 N–H and O–H groups in total. The number of methoxy groups -OCH3 is 1. The Morgan fingerprint density at radius 1 is 1.56 bits per heavy atom. The van der Waals surface area contributed by atoms with Crippen LogP contribution in [0.1, 0.15) is 24.8 Å². The standard InChI is InChI=1S/C12H12BrClO2/c1-16-11(15)7-12(4-5-12)9-3-2-8(13)6-10(9)14/h2-3,6H,4-5,7H2,1H3. The van der Waals surface area contributed by atoms with E-state index >= 15 is 0 Å². The van der Waals surface area contributed by atoms with E-state index in [4.69, 9.17) is 16.3 Å². The Labute approximate surface area is 108 Å². The molecule has 0 atom stereocenters. The van der Waals surface area contributed by atoms with Crippen molar-refractivity contribution in [1.29, 1.82) is 0 Å². The molecule has 0 aromatic heterocycles. The molecule has 1 aliphatic rings. The van der Waals surface area contributed by atoms with E-state index < -0.39 is 0 Å². The van der Waals surface area contributed by atoms with Crippen LogP contribution in [0.5, 0.6) is 0 Å². The van der Waals surface area contributed by atoms with Gasteiger partial charge in [-0.2, -0.15) is 0 Å². The number of carbonyl (C=O) groups excluding carboxylic acids is 1. The summed E-state index contributed by atoms with van der Waals surface area (Å²) in [6, 6.07) is 5.81. The summed E-state index contributed by atoms with van der Waals surface area (Å²) < 4.78 is 5.67. The molecule has 0 radical (unpaired) electrons. The topological polar surface area (TPSA) is 26.3 Å². The lowest BCUT2D eigenvalue weighted by Gasteiger charge is -2.15. The van der Waals surface area contributed by atoms with Gasteiger partial charge in [0, 0.05) is 14.9 Å². The summed E-state index contributed by atoms with van der Waals surface area (Å²) in [4.78, 5) is 11.3. The molecule has 1 fully saturated rings. The van der Waals surface area contributed by atoms with Gasteiger partial charge in [-0.15, -0.1) is 0 Å². The molecule has 0 bridgehead atoms. The average molecular weight is 304 g/mol. The zero-order valence-electron chi connectivity index (χ0n) is 8.93. The van der Waals surface area contributed by atoms with Crippen LogP contribution in [0.2, 0.25) is 5.02 Å². The molecule has 2 rings (SSSR count). The minimum absolute atomic E-state index is 0.0785. The number of ether oxygens (including phenoxy) is 1. The summed E-state index contributed by atoms with van der Waals surface area (Å²) in [5.74, 6) is -0.170. The maximum Gasteiger partial charge on any atom is 0.306 e. The Morgan fingerprint density at radius 2 is 2.25 bits per heavy atom. The number of carbonyl (C=O) groups is 1. The maximum atomic E-state index is 11.3. The lowest BCUT2D eigenvalue weighted by molar-refractivity contribution is -0.141. The summed E-state index contributed by atoms with van der Waals surface area (Å²) in [7, 11) is 1.42. The molecule has 0 amide bonds. The lowest BCUT2D eigenvalue weighted by Crippen LogP contribution is -2.15. The van der Waals surface area contributed by atoms with Gasteiger partial charge in [-0.3, -0.25) is 4.79 Å². The third kappa shape index (κ3) is 2.25. The number of rotatable bonds is 3. The van der Waals surface area contributed by atoms with Crippen LogP contribution < -0.4 is 0 Å². The molecule has 0 spiro atoms. The summed E-state index contributed by atoms with van der Waals surface area (Å²) in [5, 5.41) is 0.718. The Kier molecular flexibility index (Phi) is 3.27. The fourth-order valence-corrected chi connectivity index (χ4v) is 2.83. The minimum Gasteiger partial charge on any atom is -0.469 e. The molecule has 2 nitrogen and oxygen atoms in total. The van der Waals surface area contributed by atoms with Crippen LogP contribution in [0.4, 0.5) is 0 Å². The van der Waals surface area contributed by atoms with Gasteiger partial charge in [-0.1, -0.05) is 33.6 Å². The van der Waals surface area contributed by atoms with Crippen molar-refractivity contribution in [3.05, 3.63) is 33.3 Å². The molecule has 1 aromatic carbocycles. The predicted molar refractivity (Wildman–Crippen MR) is 66.7 cm³/mol. The second-order valence-electron chi connectivity index (χ2n) is 4.16. The fraction of sp³-hybridized carbons (Fsp3) is 0.417. The first-order valence-electron chi connectivity index (χ1n) is 5.10. The van der Waals surface area contributed by atoms with Crippen molar-refractivity contribution >= 4 is 33.5 Å². The summed E-state index contributed by atoms with van der Waals surface area (Å²) in [5.41, 5.74) is 0.980. The molecule has 4 heteroatoms. The van der Waals surface area contributed by atoms with Crippen molar-refractivity contribution in [2.24, 2.45) is 0 Å². The monoisotopic (exact) mass is 302 g/mol. The Bertz CT molecular complexity index is 427. The van der Waals surface area contributed by atoms with Gasteiger partial charge < -0.3 is 4.74 Å². The van der Waals surface area contributed by atoms with Gasteiger partial charge in [-0.05, 0) is 30.5 Å². The molecule has 1 aromatic rings. The van der Waals surface area contributed by atoms with E-state index in [0.717, 1.165) is 27.9 Å². The van der Waals surface area contributed by atoms with Crippen LogP contribution in [0.3, 0.4) is 0 Å². The number of halogens is 2. The van der Waals surface area contributed by atoms with Gasteiger partial charge >= 0.3 is 5.97 Å². The van der Waals surface area contributed by atoms with Crippen LogP contribution in [0.25, 0.3) is 0 Å². The molecule has 86 valence electrons. The second-order valence-corrected chi connectivity index (χ2v) is 5.48. The third-order valence-corrected chi connectivity index (χ3v) is 3.87. The van der Waals surface area contributed by atoms with Gasteiger partial charge in [0.25, 0.3) is 0 Å². The van der Waals surface area contributed by atoms with Crippen molar-refractivity contribution in [3.63, 3.8) is 0 Å². The van der Waals surface area contributed by atoms with Crippen molar-refractivity contribution < 1.29 is 9.53 Å². The highest BCUT2D eigenvalue weighted by atomic mass is 79.9. The Balaban J connectivity index is 2.26. The van der Waals surface area contributed by atoms with Gasteiger partial charge in [0.2, 0.25) is 0 Å². The Hall–Kier alpha value is -0.540. The minimum atomic E-state index is -0.170. The molecule has 0 heterocycles. The Morgan fingerprint density at radius 3 is 2.75 bits per heavy atom. The van der Waals surface area contributed by atoms with Gasteiger partial charge in [0.15, 0.2) is 0 Å². The highest BCUT2D eigenvalue weighted by molar-refractivity contribution is 9.10. The quantitative estimate of drug-likeness (QED) is 0.796. The van der Waals surface area contributed by atoms with Crippen molar-refractivity contribution in [1.82, 2.24) is 0 Å². The van der Waals surface area contributed by atoms with Crippen molar-refractivity contribution in [2.75, 3.05) is 7.11 Å². The van der Waals surface area contributed by atoms with Crippen LogP contribution in [-0.4, -0.2) is 13.1 Å². The molecular formula is C12H12BrClO2. The summed E-state index contributed by atoms with van der Waals surface area (Å²) >= 11 is 9.57. The maximum absolute atomic E-state index is 11.3. The average Bonchev–Trinajstić information content (AvgIpc) is 2.98. The normalized spacial score (nSPS) is 16.9. The lowest BCUT2D eigenvalue weighted by atomic mass is 9.92. The number of esters is 1. The summed E-state index contributed by atoms with van der Waals surface area (Å²) in [6.45, 7) is 0. The van der Waals surface area contributed by atoms with E-state index in [1.165, 1.54) is 7.11 Å². The molecule has 1 saturated carbocycles. The van der Waals surface area contributed by atoms with E-state index in [-0.39, 0.29) is 11.4 Å². The van der Waals surface area contributed by atoms with Crippen LogP contribution in [0, 0.1) is 0 Å². The zero-order valence-corrected chi connectivity index (χ0v) is 11.3. The first-order valence-corrected chi connectivity index (χ1v) is 6.27. The van der Waals surface area contributed by atoms with Crippen LogP contribution in [0.15, 0.2) is 22.7 Å². The van der Waals surface area contributed by atoms with Crippen molar-refractivity contribution in [3.8, 4) is 0 Å². The smallest absolute Gasteiger partial charge is 0.306 e. The van der Waals surface area contributed by atoms with E-state index in [0.29, 0.717) is 6.42 Å². The molecular weight excluding hydrogens is 291 g/mol. The first kappa shape index (κ1) is 11.9. The molecule has 0 saturated heterocycles. The predicted octanol–water partition coefficient (Wildman–Crippen LogP) is 3.70. The van der Waals surface area contributed by atoms with Crippen LogP contribution >= 0.6 is 27.5 Å². The SMILES string of the molecule is COC(=O)CC1(c2ccc(Br)cc2Cl)CC1. The van der Waals surface area contributed by atoms with Gasteiger partial charge in [-0.25, -0.2) is 0 Å². The molecule has 16 heavy (non-hydrogen) atoms. The third-order valence-electron chi connectivity index (χ3n) is 3.07. The zero-order chi connectivity index (χ0) is 11.8. The fourth-order valence-electron chi connectivity index (χ4n) is 1.96. The largest absolute Gasteiger partial charge is 0.469 e. The summed E-state index contributed by atoms with van der Waals surface area (Å²) in [6.07, 6.45) is 2.43. The van der Waals surface area contributed by atoms with E-state index in [2.05, 4.69) is 15.9 Å². The van der Waals surface area contributed by atoms with Crippen LogP contribution in [-0.2, 0) is 14.9 Å². The molecule has 0 unspecified atom stereocenters. The van der Waals surface area contributed by atoms with E-state index in [1.807, 2.05) is 18.2 Å². The van der Waals surface area contributed by atoms with Crippen molar-refractivity contribution in [2.45, 2.75) is 24.7 Å². The molecule has 0 aliphatic heterocycles. The highest BCUT2D eigenvalue weighted by Crippen LogP contribution is 2.53. The first-order chi connectivity index (χ1) is 7.57. The number of hydrogen-bond donors (Lipinski definition) is 0.